The second-order valence-electron chi connectivity index (χ2n) is 5.26. The first-order chi connectivity index (χ1) is 9.33. The summed E-state index contributed by atoms with van der Waals surface area (Å²) in [5, 5.41) is 8.71. The van der Waals surface area contributed by atoms with E-state index in [0.29, 0.717) is 30.1 Å². The molecule has 6 nitrogen and oxygen atoms in total. The molecule has 20 heavy (non-hydrogen) atoms. The molecule has 0 fully saturated rings. The molecule has 1 aromatic carbocycles. The maximum Gasteiger partial charge on any atom is 0.303 e. The van der Waals surface area contributed by atoms with Crippen LogP contribution in [-0.4, -0.2) is 29.1 Å². The summed E-state index contributed by atoms with van der Waals surface area (Å²) in [6.07, 6.45) is 0.373. The van der Waals surface area contributed by atoms with Crippen molar-refractivity contribution in [2.75, 3.05) is 17.2 Å². The van der Waals surface area contributed by atoms with Crippen LogP contribution in [0.3, 0.4) is 0 Å². The monoisotopic (exact) mass is 278 g/mol. The Hall–Kier alpha value is -2.24. The van der Waals surface area contributed by atoms with Gasteiger partial charge < -0.3 is 20.5 Å². The van der Waals surface area contributed by atoms with E-state index in [1.165, 1.54) is 4.90 Å². The first-order valence-electron chi connectivity index (χ1n) is 6.44. The molecule has 6 heteroatoms. The molecular formula is C14H18N2O4. The first kappa shape index (κ1) is 14.2. The number of nitrogens with two attached hydrogens (primary N) is 1. The Labute approximate surface area is 117 Å². The number of anilines is 2. The van der Waals surface area contributed by atoms with Crippen LogP contribution in [0.25, 0.3) is 0 Å². The van der Waals surface area contributed by atoms with Crippen molar-refractivity contribution in [3.8, 4) is 5.75 Å². The number of ether oxygens (including phenoxy) is 1. The molecule has 0 saturated heterocycles. The minimum absolute atomic E-state index is 0.00708. The molecule has 1 aliphatic heterocycles. The van der Waals surface area contributed by atoms with Crippen molar-refractivity contribution in [2.24, 2.45) is 0 Å². The number of carbonyl (C=O) groups excluding carboxylic acids is 1. The van der Waals surface area contributed by atoms with Gasteiger partial charge in [0, 0.05) is 13.0 Å². The predicted octanol–water partition coefficient (Wildman–Crippen LogP) is 1.64. The maximum atomic E-state index is 12.4. The van der Waals surface area contributed by atoms with Gasteiger partial charge in [-0.15, -0.1) is 0 Å². The summed E-state index contributed by atoms with van der Waals surface area (Å²) in [5.74, 6) is -0.551. The van der Waals surface area contributed by atoms with Crippen LogP contribution in [0.5, 0.6) is 5.75 Å². The number of aliphatic carboxylic acids is 1. The Morgan fingerprint density at radius 2 is 2.15 bits per heavy atom. The molecule has 0 aromatic heterocycles. The highest BCUT2D eigenvalue weighted by Crippen LogP contribution is 2.41. The summed E-state index contributed by atoms with van der Waals surface area (Å²) in [6.45, 7) is 3.68. The molecule has 0 aliphatic carbocycles. The SMILES string of the molecule is CC1(C)Oc2cccc(N)c2N(CCCC(=O)O)C1=O. The number of carboxylic acids is 1. The lowest BCUT2D eigenvalue weighted by molar-refractivity contribution is -0.137. The van der Waals surface area contributed by atoms with E-state index in [1.807, 2.05) is 0 Å². The van der Waals surface area contributed by atoms with E-state index in [4.69, 9.17) is 15.6 Å². The van der Waals surface area contributed by atoms with Gasteiger partial charge in [-0.1, -0.05) is 6.07 Å². The molecule has 0 saturated carbocycles. The fourth-order valence-corrected chi connectivity index (χ4v) is 2.26. The fraction of sp³-hybridized carbons (Fsp3) is 0.429. The normalized spacial score (nSPS) is 16.5. The summed E-state index contributed by atoms with van der Waals surface area (Å²) < 4.78 is 5.68. The van der Waals surface area contributed by atoms with Crippen LogP contribution in [0.2, 0.25) is 0 Å². The van der Waals surface area contributed by atoms with Gasteiger partial charge in [-0.05, 0) is 32.4 Å². The van der Waals surface area contributed by atoms with E-state index in [9.17, 15) is 9.59 Å². The lowest BCUT2D eigenvalue weighted by Crippen LogP contribution is -2.53. The Bertz CT molecular complexity index is 554. The number of hydrogen-bond acceptors (Lipinski definition) is 4. The van der Waals surface area contributed by atoms with Crippen molar-refractivity contribution in [3.05, 3.63) is 18.2 Å². The van der Waals surface area contributed by atoms with Crippen molar-refractivity contribution in [3.63, 3.8) is 0 Å². The number of benzene rings is 1. The molecule has 0 atom stereocenters. The van der Waals surface area contributed by atoms with Crippen LogP contribution in [0.15, 0.2) is 18.2 Å². The molecule has 1 amide bonds. The average molecular weight is 278 g/mol. The summed E-state index contributed by atoms with van der Waals surface area (Å²) in [5.41, 5.74) is 5.92. The molecule has 0 spiro atoms. The number of amides is 1. The van der Waals surface area contributed by atoms with Crippen LogP contribution < -0.4 is 15.4 Å². The van der Waals surface area contributed by atoms with Gasteiger partial charge in [0.2, 0.25) is 0 Å². The zero-order valence-electron chi connectivity index (χ0n) is 11.5. The third-order valence-electron chi connectivity index (χ3n) is 3.20. The van der Waals surface area contributed by atoms with Crippen molar-refractivity contribution >= 4 is 23.3 Å². The van der Waals surface area contributed by atoms with Crippen molar-refractivity contribution in [1.29, 1.82) is 0 Å². The second kappa shape index (κ2) is 5.03. The Morgan fingerprint density at radius 3 is 2.80 bits per heavy atom. The third-order valence-corrected chi connectivity index (χ3v) is 3.20. The van der Waals surface area contributed by atoms with Crippen LogP contribution in [0.1, 0.15) is 26.7 Å². The molecule has 0 bridgehead atoms. The molecule has 0 unspecified atom stereocenters. The lowest BCUT2D eigenvalue weighted by Gasteiger charge is -2.39. The highest BCUT2D eigenvalue weighted by molar-refractivity contribution is 6.05. The number of para-hydroxylation sites is 1. The van der Waals surface area contributed by atoms with Gasteiger partial charge in [0.25, 0.3) is 5.91 Å². The van der Waals surface area contributed by atoms with E-state index in [2.05, 4.69) is 0 Å². The number of nitrogen functional groups attached to an aromatic ring is 1. The summed E-state index contributed by atoms with van der Waals surface area (Å²) in [6, 6.07) is 5.21. The summed E-state index contributed by atoms with van der Waals surface area (Å²) in [4.78, 5) is 24.6. The average Bonchev–Trinajstić information content (AvgIpc) is 2.33. The van der Waals surface area contributed by atoms with Gasteiger partial charge >= 0.3 is 5.97 Å². The first-order valence-corrected chi connectivity index (χ1v) is 6.44. The number of hydrogen-bond donors (Lipinski definition) is 2. The Balaban J connectivity index is 2.33. The quantitative estimate of drug-likeness (QED) is 0.817. The zero-order chi connectivity index (χ0) is 14.9. The Morgan fingerprint density at radius 1 is 1.45 bits per heavy atom. The molecular weight excluding hydrogens is 260 g/mol. The van der Waals surface area contributed by atoms with Gasteiger partial charge in [-0.25, -0.2) is 0 Å². The molecule has 108 valence electrons. The molecule has 1 aliphatic rings. The highest BCUT2D eigenvalue weighted by atomic mass is 16.5. The van der Waals surface area contributed by atoms with Gasteiger partial charge in [0.15, 0.2) is 5.60 Å². The Kier molecular flexibility index (Phi) is 3.57. The van der Waals surface area contributed by atoms with Gasteiger partial charge in [0.05, 0.1) is 5.69 Å². The van der Waals surface area contributed by atoms with E-state index < -0.39 is 11.6 Å². The number of rotatable bonds is 4. The predicted molar refractivity (Wildman–Crippen MR) is 74.8 cm³/mol. The topological polar surface area (TPSA) is 92.9 Å². The third kappa shape index (κ3) is 2.54. The van der Waals surface area contributed by atoms with Crippen molar-refractivity contribution < 1.29 is 19.4 Å². The number of carboxylic acid groups (broad SMARTS) is 1. The molecule has 2 rings (SSSR count). The smallest absolute Gasteiger partial charge is 0.303 e. The molecule has 0 radical (unpaired) electrons. The van der Waals surface area contributed by atoms with Crippen LogP contribution in [0.4, 0.5) is 11.4 Å². The lowest BCUT2D eigenvalue weighted by atomic mass is 10.0. The van der Waals surface area contributed by atoms with Crippen LogP contribution in [0, 0.1) is 0 Å². The van der Waals surface area contributed by atoms with Gasteiger partial charge in [0.1, 0.15) is 11.4 Å². The number of carbonyl (C=O) groups is 2. The largest absolute Gasteiger partial charge is 0.481 e. The van der Waals surface area contributed by atoms with Crippen molar-refractivity contribution in [2.45, 2.75) is 32.3 Å². The fourth-order valence-electron chi connectivity index (χ4n) is 2.26. The molecule has 3 N–H and O–H groups in total. The van der Waals surface area contributed by atoms with E-state index in [1.54, 1.807) is 32.0 Å². The van der Waals surface area contributed by atoms with Crippen LogP contribution >= 0.6 is 0 Å². The minimum atomic E-state index is -0.982. The van der Waals surface area contributed by atoms with Crippen LogP contribution in [-0.2, 0) is 9.59 Å². The molecule has 1 aromatic rings. The molecule has 1 heterocycles. The summed E-state index contributed by atoms with van der Waals surface area (Å²) in [7, 11) is 0. The van der Waals surface area contributed by atoms with E-state index in [-0.39, 0.29) is 12.3 Å². The summed E-state index contributed by atoms with van der Waals surface area (Å²) >= 11 is 0. The van der Waals surface area contributed by atoms with Crippen molar-refractivity contribution in [1.82, 2.24) is 0 Å². The standard InChI is InChI=1S/C14H18N2O4/c1-14(2)13(19)16(8-4-7-11(17)18)12-9(15)5-3-6-10(12)20-14/h3,5-6H,4,7-8,15H2,1-2H3,(H,17,18). The minimum Gasteiger partial charge on any atom is -0.481 e. The zero-order valence-corrected chi connectivity index (χ0v) is 11.5. The van der Waals surface area contributed by atoms with E-state index in [0.717, 1.165) is 0 Å². The second-order valence-corrected chi connectivity index (χ2v) is 5.26. The highest BCUT2D eigenvalue weighted by Gasteiger charge is 2.41. The number of nitrogens with zero attached hydrogens (tertiary/aromatic N) is 1. The van der Waals surface area contributed by atoms with E-state index >= 15 is 0 Å². The maximum absolute atomic E-state index is 12.4. The van der Waals surface area contributed by atoms with Gasteiger partial charge in [-0.3, -0.25) is 9.59 Å². The number of fused-ring (bicyclic) bond motifs is 1. The van der Waals surface area contributed by atoms with Gasteiger partial charge in [-0.2, -0.15) is 0 Å².